The number of nitro benzene ring substituents is 1. The van der Waals surface area contributed by atoms with Gasteiger partial charge < -0.3 is 0 Å². The summed E-state index contributed by atoms with van der Waals surface area (Å²) in [6, 6.07) is 4.94. The van der Waals surface area contributed by atoms with Gasteiger partial charge in [-0.1, -0.05) is 15.9 Å². The summed E-state index contributed by atoms with van der Waals surface area (Å²) in [7, 11) is 0. The number of rotatable bonds is 4. The van der Waals surface area contributed by atoms with Gasteiger partial charge in [-0.2, -0.15) is 5.48 Å². The predicted molar refractivity (Wildman–Crippen MR) is 68.5 cm³/mol. The lowest BCUT2D eigenvalue weighted by Crippen LogP contribution is -2.28. The normalized spacial score (nSPS) is 11.5. The van der Waals surface area contributed by atoms with Gasteiger partial charge >= 0.3 is 0 Å². The molecule has 0 heterocycles. The van der Waals surface area contributed by atoms with E-state index in [0.29, 0.717) is 16.6 Å². The second kappa shape index (κ2) is 5.57. The first-order valence-electron chi connectivity index (χ1n) is 5.13. The van der Waals surface area contributed by atoms with Gasteiger partial charge in [0, 0.05) is 16.1 Å². The van der Waals surface area contributed by atoms with Crippen molar-refractivity contribution in [2.75, 3.05) is 0 Å². The Morgan fingerprint density at radius 1 is 1.47 bits per heavy atom. The van der Waals surface area contributed by atoms with Crippen molar-refractivity contribution in [3.63, 3.8) is 0 Å². The highest BCUT2D eigenvalue weighted by molar-refractivity contribution is 9.10. The summed E-state index contributed by atoms with van der Waals surface area (Å²) in [5, 5.41) is 10.9. The van der Waals surface area contributed by atoms with Gasteiger partial charge in [0.15, 0.2) is 0 Å². The molecule has 0 atom stereocenters. The van der Waals surface area contributed by atoms with Crippen LogP contribution in [0.1, 0.15) is 26.3 Å². The van der Waals surface area contributed by atoms with Crippen molar-refractivity contribution in [3.8, 4) is 0 Å². The molecule has 17 heavy (non-hydrogen) atoms. The number of nitrogens with zero attached hydrogens (tertiary/aromatic N) is 1. The first-order chi connectivity index (χ1) is 7.79. The summed E-state index contributed by atoms with van der Waals surface area (Å²) in [5.41, 5.74) is 3.07. The van der Waals surface area contributed by atoms with Crippen molar-refractivity contribution in [2.24, 2.45) is 0 Å². The Hall–Kier alpha value is -0.980. The van der Waals surface area contributed by atoms with Crippen molar-refractivity contribution in [1.82, 2.24) is 5.48 Å². The van der Waals surface area contributed by atoms with Gasteiger partial charge in [0.2, 0.25) is 0 Å². The minimum absolute atomic E-state index is 0.0735. The Bertz CT molecular complexity index is 416. The summed E-state index contributed by atoms with van der Waals surface area (Å²) in [6.07, 6.45) is 0. The summed E-state index contributed by atoms with van der Waals surface area (Å²) < 4.78 is 0.685. The Labute approximate surface area is 108 Å². The molecule has 0 aliphatic heterocycles. The molecule has 6 heteroatoms. The van der Waals surface area contributed by atoms with Crippen LogP contribution >= 0.6 is 15.9 Å². The first-order valence-corrected chi connectivity index (χ1v) is 5.92. The molecule has 0 spiro atoms. The monoisotopic (exact) mass is 302 g/mol. The molecule has 0 unspecified atom stereocenters. The number of benzene rings is 1. The molecule has 0 radical (unpaired) electrons. The van der Waals surface area contributed by atoms with E-state index < -0.39 is 4.92 Å². The zero-order valence-corrected chi connectivity index (χ0v) is 11.6. The molecule has 0 aliphatic rings. The minimum atomic E-state index is -0.404. The fraction of sp³-hybridized carbons (Fsp3) is 0.455. The quantitative estimate of drug-likeness (QED) is 0.685. The van der Waals surface area contributed by atoms with E-state index in [2.05, 4.69) is 21.4 Å². The van der Waals surface area contributed by atoms with Gasteiger partial charge in [-0.25, -0.2) is 0 Å². The van der Waals surface area contributed by atoms with Gasteiger partial charge in [-0.3, -0.25) is 15.0 Å². The fourth-order valence-corrected chi connectivity index (χ4v) is 1.54. The predicted octanol–water partition coefficient (Wildman–Crippen LogP) is 3.18. The van der Waals surface area contributed by atoms with Crippen LogP contribution in [0.15, 0.2) is 22.7 Å². The van der Waals surface area contributed by atoms with Gasteiger partial charge in [-0.15, -0.1) is 0 Å². The Morgan fingerprint density at radius 3 is 2.65 bits per heavy atom. The van der Waals surface area contributed by atoms with Crippen LogP contribution in [0.25, 0.3) is 0 Å². The summed E-state index contributed by atoms with van der Waals surface area (Å²) in [4.78, 5) is 15.8. The maximum absolute atomic E-state index is 10.9. The van der Waals surface area contributed by atoms with Crippen LogP contribution in [0.2, 0.25) is 0 Å². The lowest BCUT2D eigenvalue weighted by molar-refractivity contribution is -0.385. The Morgan fingerprint density at radius 2 is 2.12 bits per heavy atom. The molecule has 0 aromatic heterocycles. The third kappa shape index (κ3) is 4.80. The summed E-state index contributed by atoms with van der Waals surface area (Å²) in [5.74, 6) is 0. The lowest BCUT2D eigenvalue weighted by Gasteiger charge is -2.19. The molecular formula is C11H15BrN2O3. The first kappa shape index (κ1) is 14.1. The highest BCUT2D eigenvalue weighted by Gasteiger charge is 2.15. The second-order valence-corrected chi connectivity index (χ2v) is 5.48. The van der Waals surface area contributed by atoms with Crippen molar-refractivity contribution >= 4 is 21.6 Å². The molecule has 0 saturated carbocycles. The zero-order chi connectivity index (χ0) is 13.1. The fourth-order valence-electron chi connectivity index (χ4n) is 1.19. The number of nitrogens with one attached hydrogen (secondary N) is 1. The van der Waals surface area contributed by atoms with Crippen LogP contribution in [0.5, 0.6) is 0 Å². The summed E-state index contributed by atoms with van der Waals surface area (Å²) in [6.45, 7) is 5.99. The van der Waals surface area contributed by atoms with E-state index in [1.54, 1.807) is 12.1 Å². The lowest BCUT2D eigenvalue weighted by atomic mass is 10.2. The number of nitro groups is 1. The van der Waals surface area contributed by atoms with Crippen LogP contribution in [0, 0.1) is 10.1 Å². The molecule has 5 nitrogen and oxygen atoms in total. The highest BCUT2D eigenvalue weighted by atomic mass is 79.9. The van der Waals surface area contributed by atoms with Gasteiger partial charge in [0.1, 0.15) is 0 Å². The molecular weight excluding hydrogens is 288 g/mol. The van der Waals surface area contributed by atoms with Crippen LogP contribution in [-0.2, 0) is 11.4 Å². The molecule has 94 valence electrons. The largest absolute Gasteiger partial charge is 0.296 e. The maximum Gasteiger partial charge on any atom is 0.275 e. The summed E-state index contributed by atoms with van der Waals surface area (Å²) >= 11 is 3.21. The molecule has 1 N–H and O–H groups in total. The van der Waals surface area contributed by atoms with Crippen molar-refractivity contribution in [3.05, 3.63) is 38.3 Å². The number of hydrogen-bond acceptors (Lipinski definition) is 4. The number of hydroxylamine groups is 1. The minimum Gasteiger partial charge on any atom is -0.296 e. The maximum atomic E-state index is 10.9. The Kier molecular flexibility index (Phi) is 4.62. The van der Waals surface area contributed by atoms with Crippen LogP contribution < -0.4 is 5.48 Å². The third-order valence-corrected chi connectivity index (χ3v) is 2.38. The number of hydrogen-bond donors (Lipinski definition) is 1. The second-order valence-electron chi connectivity index (χ2n) is 4.57. The van der Waals surface area contributed by atoms with Crippen molar-refractivity contribution in [2.45, 2.75) is 32.9 Å². The van der Waals surface area contributed by atoms with Crippen LogP contribution in [0.4, 0.5) is 5.69 Å². The molecule has 0 fully saturated rings. The molecule has 1 rings (SSSR count). The highest BCUT2D eigenvalue weighted by Crippen LogP contribution is 2.23. The molecule has 0 amide bonds. The third-order valence-electron chi connectivity index (χ3n) is 1.89. The smallest absolute Gasteiger partial charge is 0.275 e. The zero-order valence-electron chi connectivity index (χ0n) is 9.99. The molecule has 1 aromatic rings. The van der Waals surface area contributed by atoms with E-state index in [-0.39, 0.29) is 11.3 Å². The van der Waals surface area contributed by atoms with Crippen LogP contribution in [-0.4, -0.2) is 10.5 Å². The molecule has 0 bridgehead atoms. The SMILES string of the molecule is CC(C)(C)ONCc1ccc(Br)cc1[N+](=O)[O-]. The van der Waals surface area contributed by atoms with E-state index in [1.807, 2.05) is 20.8 Å². The Balaban J connectivity index is 2.74. The van der Waals surface area contributed by atoms with E-state index in [9.17, 15) is 10.1 Å². The van der Waals surface area contributed by atoms with E-state index >= 15 is 0 Å². The van der Waals surface area contributed by atoms with Crippen molar-refractivity contribution in [1.29, 1.82) is 0 Å². The molecule has 1 aromatic carbocycles. The average molecular weight is 303 g/mol. The van der Waals surface area contributed by atoms with E-state index in [4.69, 9.17) is 4.84 Å². The van der Waals surface area contributed by atoms with E-state index in [1.165, 1.54) is 6.07 Å². The molecule has 0 aliphatic carbocycles. The van der Waals surface area contributed by atoms with E-state index in [0.717, 1.165) is 0 Å². The van der Waals surface area contributed by atoms with Crippen molar-refractivity contribution < 1.29 is 9.76 Å². The number of halogens is 1. The topological polar surface area (TPSA) is 64.4 Å². The standard InChI is InChI=1S/C11H15BrN2O3/c1-11(2,3)17-13-7-8-4-5-9(12)6-10(8)14(15)16/h4-6,13H,7H2,1-3H3. The molecule has 0 saturated heterocycles. The van der Waals surface area contributed by atoms with Crippen LogP contribution in [0.3, 0.4) is 0 Å². The average Bonchev–Trinajstić information content (AvgIpc) is 2.18. The van der Waals surface area contributed by atoms with Gasteiger partial charge in [0.05, 0.1) is 17.1 Å². The van der Waals surface area contributed by atoms with Gasteiger partial charge in [-0.05, 0) is 32.9 Å². The van der Waals surface area contributed by atoms with Gasteiger partial charge in [0.25, 0.3) is 5.69 Å².